The Morgan fingerprint density at radius 2 is 1.81 bits per heavy atom. The van der Waals surface area contributed by atoms with Gasteiger partial charge >= 0.3 is 0 Å². The number of benzene rings is 2. The van der Waals surface area contributed by atoms with Gasteiger partial charge in [-0.15, -0.1) is 0 Å². The Balaban J connectivity index is 1.68. The number of fused-ring (bicyclic) bond motifs is 5. The second-order valence-electron chi connectivity index (χ2n) is 7.68. The van der Waals surface area contributed by atoms with Gasteiger partial charge in [0.1, 0.15) is 22.6 Å². The van der Waals surface area contributed by atoms with Crippen molar-refractivity contribution in [2.45, 2.75) is 13.0 Å². The summed E-state index contributed by atoms with van der Waals surface area (Å²) in [5.74, 6) is 0.809. The van der Waals surface area contributed by atoms with E-state index in [0.717, 1.165) is 39.2 Å². The first-order valence-corrected chi connectivity index (χ1v) is 10.6. The number of aromatic nitrogens is 3. The highest BCUT2D eigenvalue weighted by Gasteiger charge is 2.16. The lowest BCUT2D eigenvalue weighted by atomic mass is 10.1. The number of nitrogens with zero attached hydrogens (tertiary/aromatic N) is 3. The summed E-state index contributed by atoms with van der Waals surface area (Å²) < 4.78 is 9.02. The number of aliphatic hydroxyl groups is 1. The van der Waals surface area contributed by atoms with Crippen LogP contribution < -0.4 is 15.6 Å². The zero-order valence-corrected chi connectivity index (χ0v) is 17.8. The molecule has 0 radical (unpaired) electrons. The average molecular weight is 428 g/mol. The van der Waals surface area contributed by atoms with Crippen molar-refractivity contribution in [2.75, 3.05) is 25.6 Å². The van der Waals surface area contributed by atoms with E-state index in [2.05, 4.69) is 5.32 Å². The van der Waals surface area contributed by atoms with Crippen molar-refractivity contribution >= 4 is 33.3 Å². The van der Waals surface area contributed by atoms with E-state index >= 15 is 0 Å². The second-order valence-corrected chi connectivity index (χ2v) is 7.68. The number of hydrogen-bond acceptors (Lipinski definition) is 5. The van der Waals surface area contributed by atoms with Crippen LogP contribution in [0.5, 0.6) is 5.75 Å². The molecule has 5 rings (SSSR count). The largest absolute Gasteiger partial charge is 0.497 e. The molecule has 3 aromatic heterocycles. The zero-order chi connectivity index (χ0) is 22.1. The van der Waals surface area contributed by atoms with Crippen molar-refractivity contribution in [2.24, 2.45) is 0 Å². The molecule has 0 aliphatic heterocycles. The Morgan fingerprint density at radius 3 is 2.56 bits per heavy atom. The lowest BCUT2D eigenvalue weighted by molar-refractivity contribution is 0.311. The second kappa shape index (κ2) is 8.36. The Bertz CT molecular complexity index is 1470. The molecule has 0 saturated heterocycles. The Hall–Kier alpha value is -3.84. The first-order chi connectivity index (χ1) is 15.7. The number of pyridine rings is 2. The molecule has 3 heterocycles. The van der Waals surface area contributed by atoms with Crippen molar-refractivity contribution in [1.29, 1.82) is 0 Å². The zero-order valence-electron chi connectivity index (χ0n) is 17.8. The summed E-state index contributed by atoms with van der Waals surface area (Å²) in [5.41, 5.74) is 4.28. The van der Waals surface area contributed by atoms with Crippen LogP contribution in [-0.4, -0.2) is 39.3 Å². The van der Waals surface area contributed by atoms with Crippen molar-refractivity contribution < 1.29 is 9.84 Å². The van der Waals surface area contributed by atoms with Gasteiger partial charge < -0.3 is 15.2 Å². The molecule has 32 heavy (non-hydrogen) atoms. The Labute approximate surface area is 184 Å². The maximum atomic E-state index is 13.5. The van der Waals surface area contributed by atoms with Crippen LogP contribution >= 0.6 is 0 Å². The number of imidazole rings is 1. The molecule has 0 bridgehead atoms. The molecule has 0 aliphatic carbocycles. The van der Waals surface area contributed by atoms with E-state index in [4.69, 9.17) is 14.8 Å². The number of nitrogens with one attached hydrogen (secondary N) is 1. The predicted molar refractivity (Wildman–Crippen MR) is 127 cm³/mol. The highest BCUT2D eigenvalue weighted by Crippen LogP contribution is 2.25. The van der Waals surface area contributed by atoms with Gasteiger partial charge in [-0.2, -0.15) is 0 Å². The average Bonchev–Trinajstić information content (AvgIpc) is 3.22. The van der Waals surface area contributed by atoms with Gasteiger partial charge in [-0.05, 0) is 42.3 Å². The molecule has 0 fully saturated rings. The third kappa shape index (κ3) is 3.46. The highest BCUT2D eigenvalue weighted by atomic mass is 16.5. The number of methoxy groups -OCH3 is 1. The summed E-state index contributed by atoms with van der Waals surface area (Å²) in [5, 5.41) is 13.8. The van der Waals surface area contributed by atoms with Gasteiger partial charge in [0.2, 0.25) is 0 Å². The quantitative estimate of drug-likeness (QED) is 0.415. The van der Waals surface area contributed by atoms with E-state index in [1.165, 1.54) is 0 Å². The fourth-order valence-corrected chi connectivity index (χ4v) is 4.13. The molecule has 7 heteroatoms. The highest BCUT2D eigenvalue weighted by molar-refractivity contribution is 6.03. The summed E-state index contributed by atoms with van der Waals surface area (Å²) in [6.07, 6.45) is 2.63. The van der Waals surface area contributed by atoms with Gasteiger partial charge in [-0.1, -0.05) is 30.3 Å². The smallest absolute Gasteiger partial charge is 0.260 e. The SMILES string of the molecule is COc1ccc(CCn2c(=O)c3ccccc3c3nc4ccc(NCCO)cn4c32)cc1. The molecule has 0 spiro atoms. The molecule has 0 aliphatic rings. The van der Waals surface area contributed by atoms with Crippen LogP contribution in [0.15, 0.2) is 71.7 Å². The number of aryl methyl sites for hydroxylation is 2. The van der Waals surface area contributed by atoms with Crippen LogP contribution in [-0.2, 0) is 13.0 Å². The predicted octanol–water partition coefficient (Wildman–Crippen LogP) is 3.46. The third-order valence-corrected chi connectivity index (χ3v) is 5.73. The molecule has 162 valence electrons. The normalized spacial score (nSPS) is 11.4. The van der Waals surface area contributed by atoms with E-state index in [0.29, 0.717) is 24.9 Å². The van der Waals surface area contributed by atoms with E-state index < -0.39 is 0 Å². The lowest BCUT2D eigenvalue weighted by Gasteiger charge is -2.12. The minimum atomic E-state index is -0.0304. The van der Waals surface area contributed by atoms with Gasteiger partial charge in [0.15, 0.2) is 0 Å². The first-order valence-electron chi connectivity index (χ1n) is 10.6. The topological polar surface area (TPSA) is 80.8 Å². The van der Waals surface area contributed by atoms with Crippen LogP contribution in [0.25, 0.3) is 27.6 Å². The number of anilines is 1. The molecule has 7 nitrogen and oxygen atoms in total. The van der Waals surface area contributed by atoms with Crippen LogP contribution in [0.4, 0.5) is 5.69 Å². The van der Waals surface area contributed by atoms with Crippen LogP contribution in [0.2, 0.25) is 0 Å². The van der Waals surface area contributed by atoms with Crippen molar-refractivity contribution in [1.82, 2.24) is 14.0 Å². The minimum Gasteiger partial charge on any atom is -0.497 e. The summed E-state index contributed by atoms with van der Waals surface area (Å²) in [7, 11) is 1.65. The summed E-state index contributed by atoms with van der Waals surface area (Å²) >= 11 is 0. The van der Waals surface area contributed by atoms with Crippen molar-refractivity contribution in [3.8, 4) is 5.75 Å². The molecule has 0 unspecified atom stereocenters. The standard InChI is InChI=1S/C25H24N4O3/c1-32-19-9-6-17(7-10-19)12-14-28-24-23(20-4-2-3-5-21(20)25(28)31)27-22-11-8-18(16-29(22)24)26-13-15-30/h2-11,16,26,30H,12-15H2,1H3. The van der Waals surface area contributed by atoms with E-state index in [9.17, 15) is 4.79 Å². The van der Waals surface area contributed by atoms with Crippen LogP contribution in [0.1, 0.15) is 5.56 Å². The fourth-order valence-electron chi connectivity index (χ4n) is 4.13. The third-order valence-electron chi connectivity index (χ3n) is 5.73. The van der Waals surface area contributed by atoms with Crippen molar-refractivity contribution in [3.63, 3.8) is 0 Å². The summed E-state index contributed by atoms with van der Waals surface area (Å²) in [4.78, 5) is 18.4. The molecule has 0 amide bonds. The molecule has 2 aromatic carbocycles. The number of aliphatic hydroxyl groups excluding tert-OH is 1. The van der Waals surface area contributed by atoms with Crippen LogP contribution in [0.3, 0.4) is 0 Å². The molecule has 0 saturated carbocycles. The van der Waals surface area contributed by atoms with Crippen LogP contribution in [0, 0.1) is 0 Å². The number of hydrogen-bond donors (Lipinski definition) is 2. The van der Waals surface area contributed by atoms with Crippen molar-refractivity contribution in [3.05, 3.63) is 82.8 Å². The van der Waals surface area contributed by atoms with E-state index in [1.807, 2.05) is 75.8 Å². The monoisotopic (exact) mass is 428 g/mol. The number of ether oxygens (including phenoxy) is 1. The first kappa shape index (κ1) is 20.1. The van der Waals surface area contributed by atoms with Gasteiger partial charge in [0.25, 0.3) is 5.56 Å². The molecular weight excluding hydrogens is 404 g/mol. The Kier molecular flexibility index (Phi) is 5.25. The van der Waals surface area contributed by atoms with E-state index in [1.54, 1.807) is 7.11 Å². The molecule has 2 N–H and O–H groups in total. The van der Waals surface area contributed by atoms with Gasteiger partial charge in [0.05, 0.1) is 19.4 Å². The maximum absolute atomic E-state index is 13.5. The lowest BCUT2D eigenvalue weighted by Crippen LogP contribution is -2.23. The Morgan fingerprint density at radius 1 is 1.03 bits per heavy atom. The number of rotatable bonds is 7. The maximum Gasteiger partial charge on any atom is 0.260 e. The van der Waals surface area contributed by atoms with Gasteiger partial charge in [-0.3, -0.25) is 13.8 Å². The van der Waals surface area contributed by atoms with Gasteiger partial charge in [0, 0.05) is 30.1 Å². The molecule has 5 aromatic rings. The minimum absolute atomic E-state index is 0.0304. The summed E-state index contributed by atoms with van der Waals surface area (Å²) in [6.45, 7) is 1.01. The van der Waals surface area contributed by atoms with Gasteiger partial charge in [-0.25, -0.2) is 4.98 Å². The molecular formula is C25H24N4O3. The summed E-state index contributed by atoms with van der Waals surface area (Å²) in [6, 6.07) is 19.4. The fraction of sp³-hybridized carbons (Fsp3) is 0.200. The molecule has 0 atom stereocenters. The van der Waals surface area contributed by atoms with E-state index in [-0.39, 0.29) is 12.2 Å².